The van der Waals surface area contributed by atoms with Gasteiger partial charge in [0.15, 0.2) is 5.57 Å². The third kappa shape index (κ3) is 4.37. The number of hydrogen-bond donors (Lipinski definition) is 0. The Hall–Kier alpha value is -3.06. The summed E-state index contributed by atoms with van der Waals surface area (Å²) in [6.45, 7) is 3.53. The van der Waals surface area contributed by atoms with E-state index in [1.165, 1.54) is 40.2 Å². The molecular weight excluding hydrogens is 437 g/mol. The van der Waals surface area contributed by atoms with Gasteiger partial charge in [-0.05, 0) is 49.4 Å². The van der Waals surface area contributed by atoms with E-state index in [0.29, 0.717) is 36.5 Å². The Morgan fingerprint density at radius 3 is 2.48 bits per heavy atom. The first-order chi connectivity index (χ1) is 15.0. The zero-order valence-corrected chi connectivity index (χ0v) is 18.3. The normalized spacial score (nSPS) is 15.6. The largest absolute Gasteiger partial charge is 0.378 e. The second-order valence-electron chi connectivity index (χ2n) is 6.87. The number of ether oxygens (including phenoxy) is 1. The van der Waals surface area contributed by atoms with Gasteiger partial charge in [-0.15, -0.1) is 22.7 Å². The van der Waals surface area contributed by atoms with Crippen LogP contribution in [0.15, 0.2) is 41.2 Å². The molecule has 9 heteroatoms. The lowest BCUT2D eigenvalue weighted by molar-refractivity contribution is -0.128. The summed E-state index contributed by atoms with van der Waals surface area (Å²) in [4.78, 5) is 29.9. The van der Waals surface area contributed by atoms with E-state index < -0.39 is 11.7 Å². The number of morpholine rings is 1. The van der Waals surface area contributed by atoms with Gasteiger partial charge in [0.25, 0.3) is 11.5 Å². The molecular formula is C22H18FN3O3S2. The van der Waals surface area contributed by atoms with Crippen molar-refractivity contribution in [1.29, 1.82) is 5.26 Å². The van der Waals surface area contributed by atoms with Crippen molar-refractivity contribution in [3.05, 3.63) is 71.5 Å². The SMILES string of the molecule is Cc1ccc(/C=c2\s/c(=C(/C#N)C(=O)N3CCOCC3)n(-c3ccc(F)cc3)c2=O)s1. The lowest BCUT2D eigenvalue weighted by Gasteiger charge is -2.26. The lowest BCUT2D eigenvalue weighted by Crippen LogP contribution is -2.42. The summed E-state index contributed by atoms with van der Waals surface area (Å²) >= 11 is 2.62. The number of aromatic nitrogens is 1. The Kier molecular flexibility index (Phi) is 6.13. The number of nitriles is 1. The van der Waals surface area contributed by atoms with Crippen LogP contribution in [-0.2, 0) is 9.53 Å². The van der Waals surface area contributed by atoms with E-state index in [1.807, 2.05) is 25.1 Å². The van der Waals surface area contributed by atoms with Crippen LogP contribution in [0.5, 0.6) is 0 Å². The van der Waals surface area contributed by atoms with Crippen molar-refractivity contribution in [2.24, 2.45) is 0 Å². The van der Waals surface area contributed by atoms with E-state index in [-0.39, 0.29) is 15.8 Å². The summed E-state index contributed by atoms with van der Waals surface area (Å²) < 4.78 is 20.7. The second-order valence-corrected chi connectivity index (χ2v) is 9.22. The van der Waals surface area contributed by atoms with Crippen LogP contribution < -0.4 is 14.8 Å². The fourth-order valence-electron chi connectivity index (χ4n) is 3.25. The molecule has 6 nitrogen and oxygen atoms in total. The quantitative estimate of drug-likeness (QED) is 0.603. The third-order valence-electron chi connectivity index (χ3n) is 4.78. The summed E-state index contributed by atoms with van der Waals surface area (Å²) in [5.74, 6) is -0.885. The zero-order valence-electron chi connectivity index (χ0n) is 16.6. The van der Waals surface area contributed by atoms with E-state index in [9.17, 15) is 19.2 Å². The molecule has 0 bridgehead atoms. The molecule has 2 aromatic heterocycles. The van der Waals surface area contributed by atoms with Gasteiger partial charge in [-0.1, -0.05) is 0 Å². The number of hydrogen-bond acceptors (Lipinski definition) is 6. The van der Waals surface area contributed by atoms with Crippen molar-refractivity contribution < 1.29 is 13.9 Å². The van der Waals surface area contributed by atoms with Gasteiger partial charge in [0.1, 0.15) is 16.5 Å². The smallest absolute Gasteiger partial charge is 0.273 e. The first-order valence-electron chi connectivity index (χ1n) is 9.55. The lowest BCUT2D eigenvalue weighted by atomic mass is 10.2. The maximum absolute atomic E-state index is 13.5. The monoisotopic (exact) mass is 455 g/mol. The predicted octanol–water partition coefficient (Wildman–Crippen LogP) is 1.77. The summed E-state index contributed by atoms with van der Waals surface area (Å²) in [6, 6.07) is 11.3. The minimum Gasteiger partial charge on any atom is -0.378 e. The molecule has 31 heavy (non-hydrogen) atoms. The molecule has 0 saturated carbocycles. The van der Waals surface area contributed by atoms with Crippen molar-refractivity contribution in [3.8, 4) is 11.8 Å². The van der Waals surface area contributed by atoms with Crippen LogP contribution in [0.25, 0.3) is 17.3 Å². The highest BCUT2D eigenvalue weighted by atomic mass is 32.1. The average molecular weight is 456 g/mol. The van der Waals surface area contributed by atoms with Crippen LogP contribution in [0.1, 0.15) is 9.75 Å². The molecule has 0 radical (unpaired) electrons. The molecule has 1 amide bonds. The van der Waals surface area contributed by atoms with Crippen molar-refractivity contribution in [2.75, 3.05) is 26.3 Å². The summed E-state index contributed by atoms with van der Waals surface area (Å²) in [6.07, 6.45) is 1.75. The number of rotatable bonds is 3. The van der Waals surface area contributed by atoms with Gasteiger partial charge in [0, 0.05) is 22.8 Å². The van der Waals surface area contributed by atoms with Gasteiger partial charge >= 0.3 is 0 Å². The van der Waals surface area contributed by atoms with Crippen LogP contribution >= 0.6 is 22.7 Å². The average Bonchev–Trinajstić information content (AvgIpc) is 3.33. The highest BCUT2D eigenvalue weighted by molar-refractivity contribution is 7.13. The highest BCUT2D eigenvalue weighted by Crippen LogP contribution is 2.15. The summed E-state index contributed by atoms with van der Waals surface area (Å²) in [7, 11) is 0. The van der Waals surface area contributed by atoms with Gasteiger partial charge < -0.3 is 9.64 Å². The number of aryl methyl sites for hydroxylation is 1. The number of amides is 1. The van der Waals surface area contributed by atoms with Crippen molar-refractivity contribution >= 4 is 40.2 Å². The van der Waals surface area contributed by atoms with Crippen LogP contribution in [0.3, 0.4) is 0 Å². The van der Waals surface area contributed by atoms with Crippen LogP contribution in [0.2, 0.25) is 0 Å². The van der Waals surface area contributed by atoms with Crippen LogP contribution in [0.4, 0.5) is 4.39 Å². The molecule has 0 unspecified atom stereocenters. The molecule has 1 fully saturated rings. The van der Waals surface area contributed by atoms with E-state index in [4.69, 9.17) is 4.74 Å². The molecule has 0 atom stereocenters. The predicted molar refractivity (Wildman–Crippen MR) is 118 cm³/mol. The number of halogens is 1. The fourth-order valence-corrected chi connectivity index (χ4v) is 5.23. The number of carbonyl (C=O) groups is 1. The number of thiophene rings is 1. The molecule has 0 spiro atoms. The van der Waals surface area contributed by atoms with Crippen LogP contribution in [0, 0.1) is 24.1 Å². The fraction of sp³-hybridized carbons (Fsp3) is 0.227. The standard InChI is InChI=1S/C22H18FN3O3S2/c1-14-2-7-17(30-14)12-19-21(28)26(16-5-3-15(23)4-6-16)22(31-19)18(13-24)20(27)25-8-10-29-11-9-25/h2-7,12H,8-11H2,1H3/b19-12-,22-18-. The molecule has 3 aromatic rings. The summed E-state index contributed by atoms with van der Waals surface area (Å²) in [5, 5.41) is 9.85. The maximum atomic E-state index is 13.5. The molecule has 1 saturated heterocycles. The maximum Gasteiger partial charge on any atom is 0.273 e. The Balaban J connectivity index is 1.98. The first-order valence-corrected chi connectivity index (χ1v) is 11.2. The minimum absolute atomic E-state index is 0.115. The molecule has 1 aliphatic rings. The van der Waals surface area contributed by atoms with Gasteiger partial charge in [-0.25, -0.2) is 4.39 Å². The first kappa shape index (κ1) is 21.2. The molecule has 3 heterocycles. The molecule has 158 valence electrons. The molecule has 1 aromatic carbocycles. The number of thiazole rings is 1. The van der Waals surface area contributed by atoms with E-state index in [2.05, 4.69) is 0 Å². The van der Waals surface area contributed by atoms with Crippen LogP contribution in [-0.4, -0.2) is 41.7 Å². The van der Waals surface area contributed by atoms with E-state index in [1.54, 1.807) is 11.0 Å². The molecule has 0 N–H and O–H groups in total. The van der Waals surface area contributed by atoms with Gasteiger partial charge in [0.2, 0.25) is 0 Å². The Morgan fingerprint density at radius 2 is 1.87 bits per heavy atom. The second kappa shape index (κ2) is 8.98. The Morgan fingerprint density at radius 1 is 1.16 bits per heavy atom. The van der Waals surface area contributed by atoms with E-state index in [0.717, 1.165) is 21.1 Å². The Bertz CT molecular complexity index is 1340. The van der Waals surface area contributed by atoms with Crippen molar-refractivity contribution in [2.45, 2.75) is 6.92 Å². The zero-order chi connectivity index (χ0) is 22.0. The van der Waals surface area contributed by atoms with Gasteiger partial charge in [-0.2, -0.15) is 5.26 Å². The van der Waals surface area contributed by atoms with Crippen molar-refractivity contribution in [1.82, 2.24) is 9.47 Å². The Labute approximate surface area is 185 Å². The van der Waals surface area contributed by atoms with E-state index >= 15 is 0 Å². The molecule has 1 aliphatic heterocycles. The number of nitrogens with zero attached hydrogens (tertiary/aromatic N) is 3. The summed E-state index contributed by atoms with van der Waals surface area (Å²) in [5.41, 5.74) is -0.0855. The van der Waals surface area contributed by atoms with Gasteiger partial charge in [-0.3, -0.25) is 14.2 Å². The molecule has 4 rings (SSSR count). The minimum atomic E-state index is -0.443. The number of carbonyl (C=O) groups excluding carboxylic acids is 1. The number of benzene rings is 1. The van der Waals surface area contributed by atoms with Gasteiger partial charge in [0.05, 0.1) is 23.4 Å². The van der Waals surface area contributed by atoms with Crippen molar-refractivity contribution in [3.63, 3.8) is 0 Å². The highest BCUT2D eigenvalue weighted by Gasteiger charge is 2.24. The third-order valence-corrected chi connectivity index (χ3v) is 6.82. The molecule has 0 aliphatic carbocycles. The topological polar surface area (TPSA) is 75.3 Å².